The van der Waals surface area contributed by atoms with Crippen molar-refractivity contribution < 1.29 is 19.1 Å². The predicted octanol–water partition coefficient (Wildman–Crippen LogP) is 1.46. The van der Waals surface area contributed by atoms with Gasteiger partial charge < -0.3 is 19.7 Å². The fourth-order valence-electron chi connectivity index (χ4n) is 4.44. The standard InChI is InChI=1S/C21H29N5O4/c1-5-26-17-16(6-14(8-22-17)18(27)29-4)24-20(26)25-9-15-10-30-12-21(15,11-25)19(28)23-7-13(2)3/h6,8,13,15H,5,7,9-12H2,1-4H3,(H,23,28)/t15-,21-/m0/s1. The quantitative estimate of drug-likeness (QED) is 0.713. The molecule has 0 unspecified atom stereocenters. The van der Waals surface area contributed by atoms with E-state index in [0.717, 1.165) is 5.95 Å². The number of aromatic nitrogens is 3. The lowest BCUT2D eigenvalue weighted by Crippen LogP contribution is -2.47. The Bertz CT molecular complexity index is 972. The lowest BCUT2D eigenvalue weighted by atomic mass is 9.80. The van der Waals surface area contributed by atoms with Crippen LogP contribution in [0.25, 0.3) is 11.2 Å². The van der Waals surface area contributed by atoms with Crippen molar-refractivity contribution in [2.75, 3.05) is 44.9 Å². The fraction of sp³-hybridized carbons (Fsp3) is 0.619. The van der Waals surface area contributed by atoms with Crippen LogP contribution in [-0.4, -0.2) is 66.4 Å². The topological polar surface area (TPSA) is 98.6 Å². The second kappa shape index (κ2) is 7.86. The number of methoxy groups -OCH3 is 1. The normalized spacial score (nSPS) is 23.2. The predicted molar refractivity (Wildman–Crippen MR) is 111 cm³/mol. The number of rotatable bonds is 6. The molecule has 2 fully saturated rings. The minimum Gasteiger partial charge on any atom is -0.465 e. The average molecular weight is 415 g/mol. The van der Waals surface area contributed by atoms with Gasteiger partial charge in [0.05, 0.1) is 31.3 Å². The van der Waals surface area contributed by atoms with Crippen LogP contribution in [0.5, 0.6) is 0 Å². The van der Waals surface area contributed by atoms with Crippen LogP contribution in [-0.2, 0) is 20.8 Å². The van der Waals surface area contributed by atoms with Crippen LogP contribution in [0.3, 0.4) is 0 Å². The van der Waals surface area contributed by atoms with Gasteiger partial charge in [0, 0.05) is 38.3 Å². The second-order valence-electron chi connectivity index (χ2n) is 8.57. The van der Waals surface area contributed by atoms with Gasteiger partial charge in [0.2, 0.25) is 11.9 Å². The Morgan fingerprint density at radius 2 is 2.23 bits per heavy atom. The Morgan fingerprint density at radius 1 is 1.43 bits per heavy atom. The zero-order valence-electron chi connectivity index (χ0n) is 18.0. The van der Waals surface area contributed by atoms with Gasteiger partial charge in [-0.2, -0.15) is 0 Å². The van der Waals surface area contributed by atoms with Crippen LogP contribution in [0.2, 0.25) is 0 Å². The molecule has 9 heteroatoms. The summed E-state index contributed by atoms with van der Waals surface area (Å²) >= 11 is 0. The molecule has 2 aromatic heterocycles. The van der Waals surface area contributed by atoms with Gasteiger partial charge in [0.1, 0.15) is 5.52 Å². The van der Waals surface area contributed by atoms with Crippen LogP contribution in [0.15, 0.2) is 12.3 Å². The van der Waals surface area contributed by atoms with E-state index in [1.807, 2.05) is 11.5 Å². The summed E-state index contributed by atoms with van der Waals surface area (Å²) in [7, 11) is 1.34. The Morgan fingerprint density at radius 3 is 2.93 bits per heavy atom. The van der Waals surface area contributed by atoms with Gasteiger partial charge >= 0.3 is 5.97 Å². The van der Waals surface area contributed by atoms with E-state index in [4.69, 9.17) is 14.5 Å². The molecule has 162 valence electrons. The van der Waals surface area contributed by atoms with Crippen molar-refractivity contribution in [3.05, 3.63) is 17.8 Å². The van der Waals surface area contributed by atoms with Gasteiger partial charge in [-0.25, -0.2) is 14.8 Å². The molecule has 1 N–H and O–H groups in total. The summed E-state index contributed by atoms with van der Waals surface area (Å²) < 4.78 is 12.5. The molecule has 2 aliphatic rings. The second-order valence-corrected chi connectivity index (χ2v) is 8.57. The summed E-state index contributed by atoms with van der Waals surface area (Å²) in [6.45, 7) is 9.78. The highest BCUT2D eigenvalue weighted by Crippen LogP contribution is 2.43. The minimum atomic E-state index is -0.559. The SMILES string of the molecule is CCn1c(N2C[C@H]3COC[C@@]3(C(=O)NCC(C)C)C2)nc2cc(C(=O)OC)cnc21. The van der Waals surface area contributed by atoms with Crippen LogP contribution in [0, 0.1) is 17.3 Å². The number of fused-ring (bicyclic) bond motifs is 2. The highest BCUT2D eigenvalue weighted by atomic mass is 16.5. The van der Waals surface area contributed by atoms with E-state index >= 15 is 0 Å². The number of carbonyl (C=O) groups excluding carboxylic acids is 2. The van der Waals surface area contributed by atoms with E-state index in [0.29, 0.717) is 62.0 Å². The summed E-state index contributed by atoms with van der Waals surface area (Å²) in [5, 5.41) is 3.10. The molecule has 0 bridgehead atoms. The molecule has 0 aromatic carbocycles. The molecule has 2 aromatic rings. The highest BCUT2D eigenvalue weighted by Gasteiger charge is 2.56. The number of nitrogens with zero attached hydrogens (tertiary/aromatic N) is 4. The molecule has 4 rings (SSSR count). The monoisotopic (exact) mass is 415 g/mol. The Balaban J connectivity index is 1.66. The summed E-state index contributed by atoms with van der Waals surface area (Å²) in [6.07, 6.45) is 1.51. The molecule has 0 saturated carbocycles. The third-order valence-electron chi connectivity index (χ3n) is 6.08. The molecule has 4 heterocycles. The van der Waals surface area contributed by atoms with E-state index < -0.39 is 11.4 Å². The average Bonchev–Trinajstić information content (AvgIpc) is 3.40. The first-order valence-electron chi connectivity index (χ1n) is 10.4. The minimum absolute atomic E-state index is 0.0615. The van der Waals surface area contributed by atoms with Crippen molar-refractivity contribution in [2.45, 2.75) is 27.3 Å². The summed E-state index contributed by atoms with van der Waals surface area (Å²) in [5.41, 5.74) is 1.16. The Hall–Kier alpha value is -2.68. The number of aryl methyl sites for hydroxylation is 1. The van der Waals surface area contributed by atoms with Gasteiger partial charge in [0.15, 0.2) is 5.65 Å². The number of anilines is 1. The molecule has 0 aliphatic carbocycles. The number of pyridine rings is 1. The number of ether oxygens (including phenoxy) is 2. The number of esters is 1. The molecule has 0 spiro atoms. The van der Waals surface area contributed by atoms with Crippen molar-refractivity contribution in [3.8, 4) is 0 Å². The number of amides is 1. The molecule has 1 amide bonds. The van der Waals surface area contributed by atoms with E-state index in [-0.39, 0.29) is 11.8 Å². The number of hydrogen-bond donors (Lipinski definition) is 1. The van der Waals surface area contributed by atoms with E-state index in [1.165, 1.54) is 13.3 Å². The maximum absolute atomic E-state index is 13.1. The molecule has 30 heavy (non-hydrogen) atoms. The largest absolute Gasteiger partial charge is 0.465 e. The zero-order valence-corrected chi connectivity index (χ0v) is 18.0. The maximum Gasteiger partial charge on any atom is 0.339 e. The van der Waals surface area contributed by atoms with Crippen molar-refractivity contribution >= 4 is 29.0 Å². The summed E-state index contributed by atoms with van der Waals surface area (Å²) in [6, 6.07) is 1.70. The van der Waals surface area contributed by atoms with Gasteiger partial charge in [-0.3, -0.25) is 9.36 Å². The molecule has 9 nitrogen and oxygen atoms in total. The Labute approximate surface area is 175 Å². The lowest BCUT2D eigenvalue weighted by molar-refractivity contribution is -0.131. The molecule has 2 aliphatic heterocycles. The first kappa shape index (κ1) is 20.6. The number of hydrogen-bond acceptors (Lipinski definition) is 7. The van der Waals surface area contributed by atoms with Crippen molar-refractivity contribution in [1.29, 1.82) is 0 Å². The van der Waals surface area contributed by atoms with Crippen LogP contribution in [0.1, 0.15) is 31.1 Å². The van der Waals surface area contributed by atoms with Crippen LogP contribution in [0.4, 0.5) is 5.95 Å². The lowest BCUT2D eigenvalue weighted by Gasteiger charge is -2.26. The van der Waals surface area contributed by atoms with Gasteiger partial charge in [-0.05, 0) is 18.9 Å². The first-order valence-corrected chi connectivity index (χ1v) is 10.4. The van der Waals surface area contributed by atoms with Crippen molar-refractivity contribution in [1.82, 2.24) is 19.9 Å². The highest BCUT2D eigenvalue weighted by molar-refractivity contribution is 5.92. The summed E-state index contributed by atoms with van der Waals surface area (Å²) in [4.78, 5) is 36.4. The van der Waals surface area contributed by atoms with Gasteiger partial charge in [-0.1, -0.05) is 13.8 Å². The van der Waals surface area contributed by atoms with Crippen LogP contribution >= 0.6 is 0 Å². The first-order chi connectivity index (χ1) is 14.4. The molecule has 2 atom stereocenters. The van der Waals surface area contributed by atoms with Crippen LogP contribution < -0.4 is 10.2 Å². The molecular weight excluding hydrogens is 386 g/mol. The van der Waals surface area contributed by atoms with E-state index in [9.17, 15) is 9.59 Å². The molecular formula is C21H29N5O4. The Kier molecular flexibility index (Phi) is 5.40. The number of imidazole rings is 1. The summed E-state index contributed by atoms with van der Waals surface area (Å²) in [5.74, 6) is 0.904. The number of carbonyl (C=O) groups is 2. The van der Waals surface area contributed by atoms with Crippen molar-refractivity contribution in [3.63, 3.8) is 0 Å². The van der Waals surface area contributed by atoms with Crippen molar-refractivity contribution in [2.24, 2.45) is 17.3 Å². The van der Waals surface area contributed by atoms with Gasteiger partial charge in [-0.15, -0.1) is 0 Å². The van der Waals surface area contributed by atoms with E-state index in [2.05, 4.69) is 29.0 Å². The molecule has 2 saturated heterocycles. The molecule has 0 radical (unpaired) electrons. The zero-order chi connectivity index (χ0) is 21.5. The maximum atomic E-state index is 13.1. The third kappa shape index (κ3) is 3.30. The fourth-order valence-corrected chi connectivity index (χ4v) is 4.44. The third-order valence-corrected chi connectivity index (χ3v) is 6.08. The smallest absolute Gasteiger partial charge is 0.339 e. The van der Waals surface area contributed by atoms with E-state index in [1.54, 1.807) is 6.07 Å². The van der Waals surface area contributed by atoms with Gasteiger partial charge in [0.25, 0.3) is 0 Å². The number of nitrogens with one attached hydrogen (secondary N) is 1.